The van der Waals surface area contributed by atoms with Gasteiger partial charge in [0.15, 0.2) is 0 Å². The second-order valence-corrected chi connectivity index (χ2v) is 5.81. The number of hydrogen-bond acceptors (Lipinski definition) is 2. The van der Waals surface area contributed by atoms with Gasteiger partial charge in [-0.25, -0.2) is 4.79 Å². The highest BCUT2D eigenvalue weighted by Crippen LogP contribution is 2.29. The fourth-order valence-electron chi connectivity index (χ4n) is 1.88. The summed E-state index contributed by atoms with van der Waals surface area (Å²) < 4.78 is 0. The molecular weight excluding hydrogens is 252 g/mol. The topological polar surface area (TPSA) is 75.3 Å². The van der Waals surface area contributed by atoms with Gasteiger partial charge in [0.05, 0.1) is 12.1 Å². The fraction of sp³-hybridized carbons (Fsp3) is 0.462. The molecule has 0 aliphatic heterocycles. The number of carboxylic acid groups (broad SMARTS) is 1. The van der Waals surface area contributed by atoms with E-state index in [0.717, 1.165) is 5.56 Å². The molecule has 100 valence electrons. The smallest absolute Gasteiger partial charge is 0.404 e. The molecule has 0 aromatic heterocycles. The number of rotatable bonds is 3. The van der Waals surface area contributed by atoms with E-state index in [4.69, 9.17) is 22.4 Å². The molecule has 0 fully saturated rings. The summed E-state index contributed by atoms with van der Waals surface area (Å²) >= 11 is 5.92. The molecule has 0 saturated heterocycles. The SMILES string of the molecule is CC(C)(C)C(NC(=O)O)C(N)c1cccc(Cl)c1. The van der Waals surface area contributed by atoms with Crippen molar-refractivity contribution in [3.8, 4) is 0 Å². The average Bonchev–Trinajstić information content (AvgIpc) is 2.23. The molecule has 0 aliphatic rings. The summed E-state index contributed by atoms with van der Waals surface area (Å²) in [6.07, 6.45) is -1.08. The maximum absolute atomic E-state index is 10.9. The van der Waals surface area contributed by atoms with Crippen molar-refractivity contribution < 1.29 is 9.90 Å². The highest BCUT2D eigenvalue weighted by molar-refractivity contribution is 6.30. The van der Waals surface area contributed by atoms with Gasteiger partial charge in [0.25, 0.3) is 0 Å². The van der Waals surface area contributed by atoms with Crippen molar-refractivity contribution in [3.63, 3.8) is 0 Å². The standard InChI is InChI=1S/C13H19ClN2O2/c1-13(2,3)11(16-12(17)18)10(15)8-5-4-6-9(14)7-8/h4-7,10-11,16H,15H2,1-3H3,(H,17,18). The van der Waals surface area contributed by atoms with Crippen LogP contribution in [0.25, 0.3) is 0 Å². The van der Waals surface area contributed by atoms with Crippen LogP contribution in [0, 0.1) is 5.41 Å². The number of halogens is 1. The molecule has 0 aliphatic carbocycles. The van der Waals surface area contributed by atoms with Gasteiger partial charge in [0.1, 0.15) is 0 Å². The zero-order chi connectivity index (χ0) is 13.9. The van der Waals surface area contributed by atoms with Crippen molar-refractivity contribution in [3.05, 3.63) is 34.9 Å². The molecule has 4 nitrogen and oxygen atoms in total. The minimum absolute atomic E-state index is 0.292. The van der Waals surface area contributed by atoms with Gasteiger partial charge in [-0.1, -0.05) is 44.5 Å². The lowest BCUT2D eigenvalue weighted by molar-refractivity contribution is 0.166. The first-order valence-electron chi connectivity index (χ1n) is 5.72. The summed E-state index contributed by atoms with van der Waals surface area (Å²) in [5.74, 6) is 0. The van der Waals surface area contributed by atoms with Crippen LogP contribution in [0.5, 0.6) is 0 Å². The van der Waals surface area contributed by atoms with E-state index in [1.54, 1.807) is 18.2 Å². The molecule has 1 aromatic carbocycles. The molecule has 18 heavy (non-hydrogen) atoms. The second kappa shape index (κ2) is 5.59. The average molecular weight is 271 g/mol. The first-order valence-corrected chi connectivity index (χ1v) is 6.10. The van der Waals surface area contributed by atoms with Crippen LogP contribution in [0.15, 0.2) is 24.3 Å². The molecule has 2 unspecified atom stereocenters. The van der Waals surface area contributed by atoms with Crippen LogP contribution < -0.4 is 11.1 Å². The van der Waals surface area contributed by atoms with Crippen LogP contribution in [0.4, 0.5) is 4.79 Å². The summed E-state index contributed by atoms with van der Waals surface area (Å²) in [7, 11) is 0. The zero-order valence-electron chi connectivity index (χ0n) is 10.8. The maximum atomic E-state index is 10.9. The summed E-state index contributed by atoms with van der Waals surface area (Å²) in [5, 5.41) is 12.0. The van der Waals surface area contributed by atoms with Crippen LogP contribution >= 0.6 is 11.6 Å². The Labute approximate surface area is 112 Å². The normalized spacial score (nSPS) is 14.9. The Morgan fingerprint density at radius 1 is 1.44 bits per heavy atom. The van der Waals surface area contributed by atoms with E-state index >= 15 is 0 Å². The molecule has 0 bridgehead atoms. The molecule has 4 N–H and O–H groups in total. The number of benzene rings is 1. The monoisotopic (exact) mass is 270 g/mol. The highest BCUT2D eigenvalue weighted by Gasteiger charge is 2.32. The first kappa shape index (κ1) is 14.8. The minimum Gasteiger partial charge on any atom is -0.465 e. The van der Waals surface area contributed by atoms with Crippen LogP contribution in [0.1, 0.15) is 32.4 Å². The highest BCUT2D eigenvalue weighted by atomic mass is 35.5. The van der Waals surface area contributed by atoms with E-state index in [9.17, 15) is 4.79 Å². The minimum atomic E-state index is -1.08. The molecule has 5 heteroatoms. The third kappa shape index (κ3) is 3.89. The maximum Gasteiger partial charge on any atom is 0.404 e. The number of carbonyl (C=O) groups is 1. The van der Waals surface area contributed by atoms with Crippen molar-refractivity contribution >= 4 is 17.7 Å². The van der Waals surface area contributed by atoms with Crippen molar-refractivity contribution in [2.45, 2.75) is 32.9 Å². The van der Waals surface area contributed by atoms with Gasteiger partial charge in [0.2, 0.25) is 0 Å². The lowest BCUT2D eigenvalue weighted by Crippen LogP contribution is -2.49. The van der Waals surface area contributed by atoms with Crippen LogP contribution in [0.2, 0.25) is 5.02 Å². The fourth-order valence-corrected chi connectivity index (χ4v) is 2.08. The van der Waals surface area contributed by atoms with Crippen molar-refractivity contribution in [1.82, 2.24) is 5.32 Å². The van der Waals surface area contributed by atoms with Gasteiger partial charge in [-0.3, -0.25) is 0 Å². The molecule has 0 radical (unpaired) electrons. The van der Waals surface area contributed by atoms with Gasteiger partial charge < -0.3 is 16.2 Å². The lowest BCUT2D eigenvalue weighted by atomic mass is 9.80. The van der Waals surface area contributed by atoms with E-state index in [1.165, 1.54) is 0 Å². The first-order chi connectivity index (χ1) is 8.21. The Morgan fingerprint density at radius 3 is 2.50 bits per heavy atom. The third-order valence-corrected chi connectivity index (χ3v) is 3.04. The third-order valence-electron chi connectivity index (χ3n) is 2.80. The Bertz CT molecular complexity index is 429. The van der Waals surface area contributed by atoms with Crippen molar-refractivity contribution in [1.29, 1.82) is 0 Å². The van der Waals surface area contributed by atoms with E-state index in [1.807, 2.05) is 26.8 Å². The molecule has 0 heterocycles. The number of nitrogens with one attached hydrogen (secondary N) is 1. The van der Waals surface area contributed by atoms with E-state index in [2.05, 4.69) is 5.32 Å². The quantitative estimate of drug-likeness (QED) is 0.790. The Balaban J connectivity index is 3.02. The number of amides is 1. The summed E-state index contributed by atoms with van der Waals surface area (Å²) in [6, 6.07) is 6.33. The predicted molar refractivity (Wildman–Crippen MR) is 72.8 cm³/mol. The van der Waals surface area contributed by atoms with Gasteiger partial charge in [-0.05, 0) is 23.1 Å². The second-order valence-electron chi connectivity index (χ2n) is 5.37. The predicted octanol–water partition coefficient (Wildman–Crippen LogP) is 3.02. The number of nitrogens with two attached hydrogens (primary N) is 1. The summed E-state index contributed by atoms with van der Waals surface area (Å²) in [6.45, 7) is 5.83. The molecule has 1 aromatic rings. The molecule has 1 rings (SSSR count). The zero-order valence-corrected chi connectivity index (χ0v) is 11.5. The van der Waals surface area contributed by atoms with E-state index in [0.29, 0.717) is 5.02 Å². The molecular formula is C13H19ClN2O2. The molecule has 1 amide bonds. The van der Waals surface area contributed by atoms with Crippen molar-refractivity contribution in [2.24, 2.45) is 11.1 Å². The van der Waals surface area contributed by atoms with Gasteiger partial charge >= 0.3 is 6.09 Å². The Kier molecular flexibility index (Phi) is 4.59. The van der Waals surface area contributed by atoms with Crippen LogP contribution in [-0.4, -0.2) is 17.2 Å². The lowest BCUT2D eigenvalue weighted by Gasteiger charge is -2.35. The Hall–Kier alpha value is -1.26. The molecule has 0 spiro atoms. The van der Waals surface area contributed by atoms with Gasteiger partial charge in [-0.15, -0.1) is 0 Å². The molecule has 2 atom stereocenters. The summed E-state index contributed by atoms with van der Waals surface area (Å²) in [5.41, 5.74) is 6.68. The van der Waals surface area contributed by atoms with Gasteiger partial charge in [0, 0.05) is 5.02 Å². The van der Waals surface area contributed by atoms with Gasteiger partial charge in [-0.2, -0.15) is 0 Å². The van der Waals surface area contributed by atoms with Crippen molar-refractivity contribution in [2.75, 3.05) is 0 Å². The Morgan fingerprint density at radius 2 is 2.06 bits per heavy atom. The van der Waals surface area contributed by atoms with E-state index in [-0.39, 0.29) is 5.41 Å². The summed E-state index contributed by atoms with van der Waals surface area (Å²) in [4.78, 5) is 10.9. The van der Waals surface area contributed by atoms with Crippen LogP contribution in [-0.2, 0) is 0 Å². The van der Waals surface area contributed by atoms with Crippen LogP contribution in [0.3, 0.4) is 0 Å². The van der Waals surface area contributed by atoms with E-state index < -0.39 is 18.2 Å². The largest absolute Gasteiger partial charge is 0.465 e. The molecule has 0 saturated carbocycles. The number of hydrogen-bond donors (Lipinski definition) is 3.